The molecule has 0 aliphatic rings. The molecule has 0 aliphatic carbocycles. The maximum absolute atomic E-state index is 12.8. The molecule has 0 aliphatic heterocycles. The molecule has 0 radical (unpaired) electrons. The van der Waals surface area contributed by atoms with Crippen molar-refractivity contribution in [1.82, 2.24) is 15.0 Å². The smallest absolute Gasteiger partial charge is 0.347 e. The van der Waals surface area contributed by atoms with E-state index in [0.29, 0.717) is 28.8 Å². The van der Waals surface area contributed by atoms with E-state index in [9.17, 15) is 9.90 Å². The van der Waals surface area contributed by atoms with E-state index >= 15 is 0 Å². The Morgan fingerprint density at radius 1 is 0.627 bits per heavy atom. The molecule has 1 aromatic heterocycles. The number of unbranched alkanes of at least 4 members (excludes halogenated alkanes) is 2. The van der Waals surface area contributed by atoms with Crippen LogP contribution in [0, 0.1) is 0 Å². The Hall–Kier alpha value is -5.82. The zero-order valence-electron chi connectivity index (χ0n) is 29.3. The fourth-order valence-electron chi connectivity index (χ4n) is 5.89. The second-order valence-electron chi connectivity index (χ2n) is 12.6. The zero-order valence-corrected chi connectivity index (χ0v) is 29.3. The van der Waals surface area contributed by atoms with Crippen LogP contribution >= 0.6 is 0 Å². The van der Waals surface area contributed by atoms with Crippen LogP contribution in [-0.4, -0.2) is 38.2 Å². The summed E-state index contributed by atoms with van der Waals surface area (Å²) in [7, 11) is 0. The maximum Gasteiger partial charge on any atom is 0.347 e. The molecule has 5 aromatic carbocycles. The van der Waals surface area contributed by atoms with Gasteiger partial charge in [-0.25, -0.2) is 19.7 Å². The van der Waals surface area contributed by atoms with E-state index in [1.54, 1.807) is 19.1 Å². The molecule has 2 atom stereocenters. The Morgan fingerprint density at radius 3 is 1.61 bits per heavy atom. The first-order chi connectivity index (χ1) is 24.9. The largest absolute Gasteiger partial charge is 0.507 e. The van der Waals surface area contributed by atoms with Gasteiger partial charge in [-0.3, -0.25) is 0 Å². The number of hydrogen-bond acceptors (Lipinski definition) is 7. The maximum atomic E-state index is 12.8. The quantitative estimate of drug-likeness (QED) is 0.0905. The average Bonchev–Trinajstić information content (AvgIpc) is 3.18. The predicted octanol–water partition coefficient (Wildman–Crippen LogP) is 10.6. The van der Waals surface area contributed by atoms with Crippen LogP contribution in [0.1, 0.15) is 52.9 Å². The minimum absolute atomic E-state index is 0.0824. The molecule has 6 rings (SSSR count). The van der Waals surface area contributed by atoms with Crippen molar-refractivity contribution in [1.29, 1.82) is 0 Å². The second-order valence-corrected chi connectivity index (χ2v) is 12.6. The van der Waals surface area contributed by atoms with Crippen LogP contribution < -0.4 is 4.74 Å². The Morgan fingerprint density at radius 2 is 1.12 bits per heavy atom. The van der Waals surface area contributed by atoms with Gasteiger partial charge in [0.25, 0.3) is 0 Å². The summed E-state index contributed by atoms with van der Waals surface area (Å²) in [5.74, 6) is 1.08. The molecule has 6 aromatic rings. The molecule has 0 amide bonds. The molecule has 0 bridgehead atoms. The molecule has 0 spiro atoms. The third kappa shape index (κ3) is 8.86. The van der Waals surface area contributed by atoms with Gasteiger partial charge in [0.1, 0.15) is 17.6 Å². The fraction of sp³-hybridized carbons (Fsp3) is 0.227. The van der Waals surface area contributed by atoms with Gasteiger partial charge in [-0.15, -0.1) is 0 Å². The Balaban J connectivity index is 1.29. The Kier molecular flexibility index (Phi) is 11.5. The molecule has 0 fully saturated rings. The van der Waals surface area contributed by atoms with E-state index in [2.05, 4.69) is 31.2 Å². The summed E-state index contributed by atoms with van der Waals surface area (Å²) in [4.78, 5) is 27.4. The van der Waals surface area contributed by atoms with Crippen molar-refractivity contribution in [3.63, 3.8) is 0 Å². The van der Waals surface area contributed by atoms with Gasteiger partial charge < -0.3 is 14.6 Å². The summed E-state index contributed by atoms with van der Waals surface area (Å²) in [6, 6.07) is 41.4. The van der Waals surface area contributed by atoms with Gasteiger partial charge >= 0.3 is 5.97 Å². The van der Waals surface area contributed by atoms with Gasteiger partial charge in [0.15, 0.2) is 23.6 Å². The standard InChI is InChI=1S/C44H43N3O4/c1-4-6-9-18-37(5-2)51-44(49)30(3)50-38-27-28-39(40(48)29-38)43-46-41(35-23-19-33(20-24-35)31-14-10-7-11-15-31)45-42(47-43)36-25-21-34(22-26-36)32-16-12-8-13-17-32/h7-8,10-17,19-30,37,48H,4-6,9,18H2,1-3H3. The van der Waals surface area contributed by atoms with Gasteiger partial charge in [0, 0.05) is 17.2 Å². The number of aromatic hydroxyl groups is 1. The molecule has 258 valence electrons. The van der Waals surface area contributed by atoms with Crippen LogP contribution in [0.5, 0.6) is 11.5 Å². The average molecular weight is 678 g/mol. The number of aromatic nitrogens is 3. The Bertz CT molecular complexity index is 1930. The second kappa shape index (κ2) is 16.7. The number of phenols is 1. The minimum atomic E-state index is -0.844. The molecule has 7 heteroatoms. The number of benzene rings is 5. The molecule has 51 heavy (non-hydrogen) atoms. The number of rotatable bonds is 14. The summed E-state index contributed by atoms with van der Waals surface area (Å²) in [6.07, 6.45) is 3.85. The van der Waals surface area contributed by atoms with Gasteiger partial charge in [-0.05, 0) is 60.6 Å². The van der Waals surface area contributed by atoms with Gasteiger partial charge in [0.2, 0.25) is 0 Å². The van der Waals surface area contributed by atoms with E-state index in [4.69, 9.17) is 24.4 Å². The van der Waals surface area contributed by atoms with Crippen molar-refractivity contribution in [3.05, 3.63) is 127 Å². The van der Waals surface area contributed by atoms with Gasteiger partial charge in [-0.2, -0.15) is 0 Å². The molecular weight excluding hydrogens is 635 g/mol. The van der Waals surface area contributed by atoms with Crippen molar-refractivity contribution in [2.75, 3.05) is 0 Å². The minimum Gasteiger partial charge on any atom is -0.507 e. The number of phenolic OH excluding ortho intramolecular Hbond substituents is 1. The molecule has 7 nitrogen and oxygen atoms in total. The van der Waals surface area contributed by atoms with Crippen molar-refractivity contribution in [2.24, 2.45) is 0 Å². The summed E-state index contributed by atoms with van der Waals surface area (Å²) < 4.78 is 11.6. The van der Waals surface area contributed by atoms with Crippen molar-refractivity contribution in [2.45, 2.75) is 65.1 Å². The zero-order chi connectivity index (χ0) is 35.6. The highest BCUT2D eigenvalue weighted by molar-refractivity contribution is 5.76. The monoisotopic (exact) mass is 677 g/mol. The Labute approximate surface area is 300 Å². The normalized spacial score (nSPS) is 12.2. The molecule has 2 unspecified atom stereocenters. The number of carbonyl (C=O) groups is 1. The molecular formula is C44H43N3O4. The highest BCUT2D eigenvalue weighted by Crippen LogP contribution is 2.34. The fourth-order valence-corrected chi connectivity index (χ4v) is 5.89. The van der Waals surface area contributed by atoms with Crippen LogP contribution in [0.4, 0.5) is 0 Å². The molecule has 0 saturated heterocycles. The number of carbonyl (C=O) groups excluding carboxylic acids is 1. The summed E-state index contributed by atoms with van der Waals surface area (Å²) in [6.45, 7) is 5.82. The third-order valence-electron chi connectivity index (χ3n) is 8.86. The van der Waals surface area contributed by atoms with Crippen LogP contribution in [0.2, 0.25) is 0 Å². The van der Waals surface area contributed by atoms with Crippen LogP contribution in [0.25, 0.3) is 56.4 Å². The third-order valence-corrected chi connectivity index (χ3v) is 8.86. The summed E-state index contributed by atoms with van der Waals surface area (Å²) >= 11 is 0. The SMILES string of the molecule is CCCCCC(CC)OC(=O)C(C)Oc1ccc(-c2nc(-c3ccc(-c4ccccc4)cc3)nc(-c3ccc(-c4ccccc4)cc3)n2)c(O)c1. The topological polar surface area (TPSA) is 94.4 Å². The lowest BCUT2D eigenvalue weighted by molar-refractivity contribution is -0.157. The molecule has 1 heterocycles. The lowest BCUT2D eigenvalue weighted by atomic mass is 10.0. The van der Waals surface area contributed by atoms with Crippen LogP contribution in [0.15, 0.2) is 127 Å². The molecule has 1 N–H and O–H groups in total. The summed E-state index contributed by atoms with van der Waals surface area (Å²) in [5.41, 5.74) is 6.43. The summed E-state index contributed by atoms with van der Waals surface area (Å²) in [5, 5.41) is 11.3. The van der Waals surface area contributed by atoms with E-state index in [0.717, 1.165) is 65.5 Å². The van der Waals surface area contributed by atoms with E-state index in [1.165, 1.54) is 6.07 Å². The van der Waals surface area contributed by atoms with Gasteiger partial charge in [0.05, 0.1) is 5.56 Å². The predicted molar refractivity (Wildman–Crippen MR) is 203 cm³/mol. The molecule has 0 saturated carbocycles. The first kappa shape index (κ1) is 35.0. The van der Waals surface area contributed by atoms with E-state index in [1.807, 2.05) is 91.9 Å². The number of nitrogens with zero attached hydrogens (tertiary/aromatic N) is 3. The lowest BCUT2D eigenvalue weighted by Crippen LogP contribution is -2.30. The first-order valence-electron chi connectivity index (χ1n) is 17.7. The highest BCUT2D eigenvalue weighted by Gasteiger charge is 2.22. The number of esters is 1. The van der Waals surface area contributed by atoms with Crippen molar-refractivity contribution >= 4 is 5.97 Å². The lowest BCUT2D eigenvalue weighted by Gasteiger charge is -2.20. The highest BCUT2D eigenvalue weighted by atomic mass is 16.6. The first-order valence-corrected chi connectivity index (χ1v) is 17.7. The van der Waals surface area contributed by atoms with Gasteiger partial charge in [-0.1, -0.05) is 136 Å². The van der Waals surface area contributed by atoms with Crippen molar-refractivity contribution < 1.29 is 19.4 Å². The number of hydrogen-bond donors (Lipinski definition) is 1. The van der Waals surface area contributed by atoms with E-state index in [-0.39, 0.29) is 11.9 Å². The van der Waals surface area contributed by atoms with E-state index < -0.39 is 12.1 Å². The number of ether oxygens (including phenoxy) is 2. The van der Waals surface area contributed by atoms with Crippen LogP contribution in [0.3, 0.4) is 0 Å². The van der Waals surface area contributed by atoms with Crippen molar-refractivity contribution in [3.8, 4) is 67.9 Å². The van der Waals surface area contributed by atoms with Crippen LogP contribution in [-0.2, 0) is 9.53 Å².